The predicted octanol–water partition coefficient (Wildman–Crippen LogP) is 0.460. The summed E-state index contributed by atoms with van der Waals surface area (Å²) in [5.41, 5.74) is 0.616. The molecule has 0 aliphatic rings. The highest BCUT2D eigenvalue weighted by Crippen LogP contribution is 2.09. The topological polar surface area (TPSA) is 67.6 Å². The van der Waals surface area contributed by atoms with E-state index in [1.807, 2.05) is 0 Å². The average molecular weight is 136 g/mol. The minimum Gasteiger partial charge on any atom is -0.443 e. The van der Waals surface area contributed by atoms with Gasteiger partial charge in [0.25, 0.3) is 0 Å². The van der Waals surface area contributed by atoms with Crippen molar-refractivity contribution in [3.05, 3.63) is 18.7 Å². The van der Waals surface area contributed by atoms with Crippen molar-refractivity contribution in [2.24, 2.45) is 0 Å². The fourth-order valence-electron chi connectivity index (χ4n) is 0.655. The standard InChI is InChI=1S/C5H4N4O/c1-2-10-5(6-1)4-3-7-9-8-4/h1-3H,(H,7,8,9). The van der Waals surface area contributed by atoms with Crippen molar-refractivity contribution in [1.82, 2.24) is 20.4 Å². The zero-order valence-corrected chi connectivity index (χ0v) is 4.98. The van der Waals surface area contributed by atoms with Gasteiger partial charge < -0.3 is 4.42 Å². The molecule has 2 aromatic heterocycles. The van der Waals surface area contributed by atoms with Crippen LogP contribution < -0.4 is 0 Å². The van der Waals surface area contributed by atoms with Gasteiger partial charge in [-0.1, -0.05) is 0 Å². The van der Waals surface area contributed by atoms with Crippen molar-refractivity contribution in [3.8, 4) is 11.6 Å². The van der Waals surface area contributed by atoms with Crippen molar-refractivity contribution in [1.29, 1.82) is 0 Å². The Morgan fingerprint density at radius 1 is 1.50 bits per heavy atom. The third-order valence-corrected chi connectivity index (χ3v) is 1.07. The number of H-pyrrole nitrogens is 1. The van der Waals surface area contributed by atoms with Crippen LogP contribution in [0.3, 0.4) is 0 Å². The van der Waals surface area contributed by atoms with Crippen LogP contribution in [0.1, 0.15) is 0 Å². The van der Waals surface area contributed by atoms with Gasteiger partial charge in [0.1, 0.15) is 6.26 Å². The molecule has 0 bridgehead atoms. The fraction of sp³-hybridized carbons (Fsp3) is 0. The molecule has 0 amide bonds. The highest BCUT2D eigenvalue weighted by Gasteiger charge is 2.02. The predicted molar refractivity (Wildman–Crippen MR) is 31.9 cm³/mol. The molecule has 2 rings (SSSR count). The first-order valence-corrected chi connectivity index (χ1v) is 2.72. The van der Waals surface area contributed by atoms with Crippen molar-refractivity contribution >= 4 is 0 Å². The minimum atomic E-state index is 0.480. The van der Waals surface area contributed by atoms with Gasteiger partial charge in [0.15, 0.2) is 5.69 Å². The molecule has 5 heteroatoms. The number of hydrogen-bond donors (Lipinski definition) is 1. The Labute approximate surface area is 56.1 Å². The summed E-state index contributed by atoms with van der Waals surface area (Å²) in [5.74, 6) is 0.480. The molecule has 0 aromatic carbocycles. The molecule has 2 aromatic rings. The first-order valence-electron chi connectivity index (χ1n) is 2.72. The van der Waals surface area contributed by atoms with E-state index in [-0.39, 0.29) is 0 Å². The largest absolute Gasteiger partial charge is 0.443 e. The monoisotopic (exact) mass is 136 g/mol. The maximum atomic E-state index is 4.94. The lowest BCUT2D eigenvalue weighted by atomic mass is 10.5. The summed E-state index contributed by atoms with van der Waals surface area (Å²) in [6.07, 6.45) is 4.60. The Morgan fingerprint density at radius 2 is 2.50 bits per heavy atom. The number of aromatic amines is 1. The lowest BCUT2D eigenvalue weighted by molar-refractivity contribution is 0.572. The second-order valence-electron chi connectivity index (χ2n) is 1.69. The Balaban J connectivity index is 2.48. The van der Waals surface area contributed by atoms with E-state index in [1.54, 1.807) is 12.4 Å². The van der Waals surface area contributed by atoms with Crippen molar-refractivity contribution < 1.29 is 4.42 Å². The SMILES string of the molecule is c1coc(-c2cn[nH]n2)n1. The molecule has 10 heavy (non-hydrogen) atoms. The van der Waals surface area contributed by atoms with Crippen LogP contribution in [0.5, 0.6) is 0 Å². The zero-order valence-electron chi connectivity index (χ0n) is 4.98. The highest BCUT2D eigenvalue weighted by molar-refractivity contribution is 5.42. The fourth-order valence-corrected chi connectivity index (χ4v) is 0.655. The average Bonchev–Trinajstić information content (AvgIpc) is 2.59. The molecule has 0 radical (unpaired) electrons. The highest BCUT2D eigenvalue weighted by atomic mass is 16.3. The van der Waals surface area contributed by atoms with Gasteiger partial charge in [0.05, 0.1) is 12.4 Å². The van der Waals surface area contributed by atoms with E-state index >= 15 is 0 Å². The summed E-state index contributed by atoms with van der Waals surface area (Å²) >= 11 is 0. The number of hydrogen-bond acceptors (Lipinski definition) is 4. The first kappa shape index (κ1) is 5.16. The molecule has 0 aliphatic carbocycles. The van der Waals surface area contributed by atoms with Gasteiger partial charge in [-0.05, 0) is 0 Å². The van der Waals surface area contributed by atoms with Gasteiger partial charge in [-0.15, -0.1) is 0 Å². The molecule has 5 nitrogen and oxygen atoms in total. The van der Waals surface area contributed by atoms with E-state index in [2.05, 4.69) is 20.4 Å². The van der Waals surface area contributed by atoms with Gasteiger partial charge in [-0.3, -0.25) is 0 Å². The summed E-state index contributed by atoms with van der Waals surface area (Å²) in [6.45, 7) is 0. The summed E-state index contributed by atoms with van der Waals surface area (Å²) in [5, 5.41) is 9.83. The summed E-state index contributed by atoms with van der Waals surface area (Å²) in [6, 6.07) is 0. The van der Waals surface area contributed by atoms with Crippen LogP contribution >= 0.6 is 0 Å². The number of nitrogens with zero attached hydrogens (tertiary/aromatic N) is 3. The van der Waals surface area contributed by atoms with Crippen LogP contribution in [-0.4, -0.2) is 20.4 Å². The number of aromatic nitrogens is 4. The molecule has 0 atom stereocenters. The van der Waals surface area contributed by atoms with Crippen molar-refractivity contribution in [2.75, 3.05) is 0 Å². The first-order chi connectivity index (χ1) is 4.97. The van der Waals surface area contributed by atoms with Crippen LogP contribution in [0.25, 0.3) is 11.6 Å². The van der Waals surface area contributed by atoms with Crippen LogP contribution in [0, 0.1) is 0 Å². The number of rotatable bonds is 1. The normalized spacial score (nSPS) is 10.0. The maximum absolute atomic E-state index is 4.94. The zero-order chi connectivity index (χ0) is 6.81. The quantitative estimate of drug-likeness (QED) is 0.618. The second-order valence-corrected chi connectivity index (χ2v) is 1.69. The summed E-state index contributed by atoms with van der Waals surface area (Å²) in [7, 11) is 0. The Bertz CT molecular complexity index is 253. The molecule has 0 fully saturated rings. The van der Waals surface area contributed by atoms with Crippen LogP contribution in [0.2, 0.25) is 0 Å². The smallest absolute Gasteiger partial charge is 0.248 e. The van der Waals surface area contributed by atoms with Gasteiger partial charge >= 0.3 is 0 Å². The number of oxazole rings is 1. The van der Waals surface area contributed by atoms with Crippen LogP contribution in [-0.2, 0) is 0 Å². The molecule has 0 spiro atoms. The van der Waals surface area contributed by atoms with Crippen molar-refractivity contribution in [3.63, 3.8) is 0 Å². The van der Waals surface area contributed by atoms with Gasteiger partial charge in [-0.2, -0.15) is 15.4 Å². The van der Waals surface area contributed by atoms with Crippen LogP contribution in [0.4, 0.5) is 0 Å². The Hall–Kier alpha value is -1.65. The Morgan fingerprint density at radius 3 is 3.10 bits per heavy atom. The lowest BCUT2D eigenvalue weighted by Gasteiger charge is -1.80. The molecule has 0 saturated heterocycles. The third-order valence-electron chi connectivity index (χ3n) is 1.07. The van der Waals surface area contributed by atoms with E-state index in [0.29, 0.717) is 11.6 Å². The molecule has 1 N–H and O–H groups in total. The van der Waals surface area contributed by atoms with E-state index in [1.165, 1.54) is 6.26 Å². The molecule has 2 heterocycles. The molecule has 0 aliphatic heterocycles. The Kier molecular flexibility index (Phi) is 1.00. The van der Waals surface area contributed by atoms with Crippen LogP contribution in [0.15, 0.2) is 23.1 Å². The van der Waals surface area contributed by atoms with E-state index in [0.717, 1.165) is 0 Å². The second kappa shape index (κ2) is 1.94. The van der Waals surface area contributed by atoms with Gasteiger partial charge in [0, 0.05) is 0 Å². The van der Waals surface area contributed by atoms with Gasteiger partial charge in [0.2, 0.25) is 5.89 Å². The van der Waals surface area contributed by atoms with E-state index in [4.69, 9.17) is 4.42 Å². The molecular weight excluding hydrogens is 132 g/mol. The summed E-state index contributed by atoms with van der Waals surface area (Å²) < 4.78 is 4.94. The van der Waals surface area contributed by atoms with Crippen molar-refractivity contribution in [2.45, 2.75) is 0 Å². The molecular formula is C5H4N4O. The van der Waals surface area contributed by atoms with E-state index < -0.39 is 0 Å². The molecule has 50 valence electrons. The number of nitrogens with one attached hydrogen (secondary N) is 1. The maximum Gasteiger partial charge on any atom is 0.248 e. The van der Waals surface area contributed by atoms with Gasteiger partial charge in [-0.25, -0.2) is 4.98 Å². The third kappa shape index (κ3) is 0.680. The minimum absolute atomic E-state index is 0.480. The molecule has 0 unspecified atom stereocenters. The molecule has 0 saturated carbocycles. The summed E-state index contributed by atoms with van der Waals surface area (Å²) in [4.78, 5) is 3.87. The van der Waals surface area contributed by atoms with E-state index in [9.17, 15) is 0 Å². The lowest BCUT2D eigenvalue weighted by Crippen LogP contribution is -1.75.